The van der Waals surface area contributed by atoms with Crippen LogP contribution >= 0.6 is 0 Å². The average molecular weight is 1140 g/mol. The smallest absolute Gasteiger partial charge is 0.305 e. The van der Waals surface area contributed by atoms with Crippen LogP contribution in [0.2, 0.25) is 0 Å². The van der Waals surface area contributed by atoms with Crippen LogP contribution in [0, 0.1) is 0 Å². The molecule has 0 fully saturated rings. The average Bonchev–Trinajstić information content (AvgIpc) is 3.47. The van der Waals surface area contributed by atoms with Crippen molar-refractivity contribution in [2.45, 2.75) is 418 Å². The summed E-state index contributed by atoms with van der Waals surface area (Å²) in [7, 11) is 0. The standard InChI is InChI=1S/C75H143NO5/c1-3-5-7-9-11-13-15-17-18-19-20-34-37-40-44-47-51-55-59-63-67-73(78)72(71-77)76-74(79)68-64-60-56-52-48-45-41-38-35-32-30-28-26-24-22-21-23-25-27-29-31-33-36-39-42-46-50-54-58-62-66-70-81-75(80)69-65-61-57-53-49-43-16-14-12-10-8-6-4-2/h23,25,29,31,63,67,72-73,77-78H,3-22,24,26-28,30,32-62,64-66,68-71H2,1-2H3,(H,76,79)/b25-23-,31-29-,67-63+. The van der Waals surface area contributed by atoms with Gasteiger partial charge in [-0.2, -0.15) is 0 Å². The Hall–Kier alpha value is -1.92. The van der Waals surface area contributed by atoms with Gasteiger partial charge in [-0.15, -0.1) is 0 Å². The number of esters is 1. The van der Waals surface area contributed by atoms with Crippen LogP contribution in [-0.2, 0) is 14.3 Å². The quantitative estimate of drug-likeness (QED) is 0.0320. The Kier molecular flexibility index (Phi) is 68.9. The zero-order valence-electron chi connectivity index (χ0n) is 54.8. The fourth-order valence-electron chi connectivity index (χ4n) is 11.6. The maximum absolute atomic E-state index is 12.5. The van der Waals surface area contributed by atoms with Gasteiger partial charge in [0.25, 0.3) is 0 Å². The van der Waals surface area contributed by atoms with Crippen molar-refractivity contribution < 1.29 is 24.5 Å². The molecule has 2 atom stereocenters. The van der Waals surface area contributed by atoms with E-state index >= 15 is 0 Å². The van der Waals surface area contributed by atoms with Gasteiger partial charge in [-0.1, -0.05) is 365 Å². The molecular weight excluding hydrogens is 995 g/mol. The molecule has 478 valence electrons. The Bertz CT molecular complexity index is 1310. The van der Waals surface area contributed by atoms with Crippen LogP contribution in [0.15, 0.2) is 36.5 Å². The fourth-order valence-corrected chi connectivity index (χ4v) is 11.6. The predicted molar refractivity (Wildman–Crippen MR) is 356 cm³/mol. The number of aliphatic hydroxyl groups excluding tert-OH is 2. The number of hydrogen-bond acceptors (Lipinski definition) is 5. The highest BCUT2D eigenvalue weighted by molar-refractivity contribution is 5.76. The summed E-state index contributed by atoms with van der Waals surface area (Å²) < 4.78 is 5.48. The number of carbonyl (C=O) groups is 2. The van der Waals surface area contributed by atoms with Gasteiger partial charge in [0.15, 0.2) is 0 Å². The van der Waals surface area contributed by atoms with Crippen molar-refractivity contribution in [3.63, 3.8) is 0 Å². The Morgan fingerprint density at radius 2 is 0.617 bits per heavy atom. The van der Waals surface area contributed by atoms with Gasteiger partial charge >= 0.3 is 5.97 Å². The molecule has 0 aliphatic carbocycles. The lowest BCUT2D eigenvalue weighted by Gasteiger charge is -2.20. The van der Waals surface area contributed by atoms with Gasteiger partial charge in [0, 0.05) is 12.8 Å². The van der Waals surface area contributed by atoms with E-state index in [9.17, 15) is 19.8 Å². The monoisotopic (exact) mass is 1140 g/mol. The van der Waals surface area contributed by atoms with Gasteiger partial charge < -0.3 is 20.3 Å². The topological polar surface area (TPSA) is 95.9 Å². The molecule has 81 heavy (non-hydrogen) atoms. The molecule has 0 aliphatic rings. The third-order valence-electron chi connectivity index (χ3n) is 17.2. The van der Waals surface area contributed by atoms with E-state index in [2.05, 4.69) is 43.5 Å². The van der Waals surface area contributed by atoms with E-state index < -0.39 is 12.1 Å². The lowest BCUT2D eigenvalue weighted by Crippen LogP contribution is -2.45. The molecular formula is C75H143NO5. The highest BCUT2D eigenvalue weighted by atomic mass is 16.5. The maximum Gasteiger partial charge on any atom is 0.305 e. The van der Waals surface area contributed by atoms with Crippen LogP contribution in [0.4, 0.5) is 0 Å². The first-order valence-corrected chi connectivity index (χ1v) is 36.8. The minimum atomic E-state index is -0.845. The Balaban J connectivity index is 3.41. The van der Waals surface area contributed by atoms with Gasteiger partial charge in [-0.3, -0.25) is 9.59 Å². The van der Waals surface area contributed by atoms with Crippen molar-refractivity contribution in [2.75, 3.05) is 13.2 Å². The normalized spacial score (nSPS) is 12.7. The number of nitrogens with one attached hydrogen (secondary N) is 1. The molecule has 0 radical (unpaired) electrons. The van der Waals surface area contributed by atoms with Gasteiger partial charge in [0.05, 0.1) is 25.4 Å². The van der Waals surface area contributed by atoms with E-state index in [-0.39, 0.29) is 18.5 Å². The molecule has 2 unspecified atom stereocenters. The van der Waals surface area contributed by atoms with E-state index in [0.29, 0.717) is 19.4 Å². The summed E-state index contributed by atoms with van der Waals surface area (Å²) in [5.41, 5.74) is 0. The van der Waals surface area contributed by atoms with Crippen molar-refractivity contribution in [3.05, 3.63) is 36.5 Å². The molecule has 6 nitrogen and oxygen atoms in total. The first-order chi connectivity index (χ1) is 40.0. The van der Waals surface area contributed by atoms with Crippen LogP contribution in [0.25, 0.3) is 0 Å². The molecule has 0 aromatic heterocycles. The number of hydrogen-bond donors (Lipinski definition) is 3. The summed E-state index contributed by atoms with van der Waals surface area (Å²) in [6.45, 7) is 4.94. The summed E-state index contributed by atoms with van der Waals surface area (Å²) in [5.74, 6) is -0.0487. The number of aliphatic hydroxyl groups is 2. The van der Waals surface area contributed by atoms with Crippen LogP contribution in [0.3, 0.4) is 0 Å². The second kappa shape index (κ2) is 70.6. The Morgan fingerprint density at radius 1 is 0.346 bits per heavy atom. The number of carbonyl (C=O) groups excluding carboxylic acids is 2. The number of ether oxygens (including phenoxy) is 1. The first kappa shape index (κ1) is 79.1. The molecule has 6 heteroatoms. The molecule has 0 rings (SSSR count). The summed E-state index contributed by atoms with van der Waals surface area (Å²) >= 11 is 0. The number of allylic oxidation sites excluding steroid dienone is 5. The van der Waals surface area contributed by atoms with E-state index in [0.717, 1.165) is 44.9 Å². The summed E-state index contributed by atoms with van der Waals surface area (Å²) in [6, 6.07) is -0.628. The molecule has 0 heterocycles. The largest absolute Gasteiger partial charge is 0.466 e. The van der Waals surface area contributed by atoms with E-state index in [1.54, 1.807) is 6.08 Å². The number of unbranched alkanes of at least 4 members (excludes halogenated alkanes) is 54. The molecule has 0 spiro atoms. The zero-order chi connectivity index (χ0) is 58.5. The fraction of sp³-hybridized carbons (Fsp3) is 0.893. The van der Waals surface area contributed by atoms with Gasteiger partial charge in [-0.25, -0.2) is 0 Å². The minimum Gasteiger partial charge on any atom is -0.466 e. The zero-order valence-corrected chi connectivity index (χ0v) is 54.8. The Labute approximate surface area is 506 Å². The second-order valence-electron chi connectivity index (χ2n) is 25.3. The van der Waals surface area contributed by atoms with Gasteiger partial charge in [0.2, 0.25) is 5.91 Å². The Morgan fingerprint density at radius 3 is 0.938 bits per heavy atom. The summed E-state index contributed by atoms with van der Waals surface area (Å²) in [6.07, 6.45) is 90.9. The highest BCUT2D eigenvalue weighted by Gasteiger charge is 2.18. The van der Waals surface area contributed by atoms with Crippen LogP contribution < -0.4 is 5.32 Å². The molecule has 0 saturated carbocycles. The van der Waals surface area contributed by atoms with Crippen LogP contribution in [-0.4, -0.2) is 47.4 Å². The molecule has 0 aromatic carbocycles. The number of rotatable bonds is 69. The van der Waals surface area contributed by atoms with E-state index in [4.69, 9.17) is 4.74 Å². The van der Waals surface area contributed by atoms with E-state index in [1.165, 1.54) is 334 Å². The van der Waals surface area contributed by atoms with Crippen molar-refractivity contribution in [2.24, 2.45) is 0 Å². The van der Waals surface area contributed by atoms with E-state index in [1.807, 2.05) is 6.08 Å². The SMILES string of the molecule is CCCCCCCCCCCCCCCCCCCC/C=C/C(O)C(CO)NC(=O)CCCCCCCCCCCCCCCCC/C=C\C/C=C\CCCCCCCCCCCOC(=O)CCCCCCCCCCCCCCC. The first-order valence-electron chi connectivity index (χ1n) is 36.8. The van der Waals surface area contributed by atoms with Crippen LogP contribution in [0.1, 0.15) is 406 Å². The predicted octanol–water partition coefficient (Wildman–Crippen LogP) is 23.9. The lowest BCUT2D eigenvalue weighted by atomic mass is 10.0. The molecule has 0 aromatic rings. The summed E-state index contributed by atoms with van der Waals surface area (Å²) in [4.78, 5) is 24.6. The molecule has 1 amide bonds. The lowest BCUT2D eigenvalue weighted by molar-refractivity contribution is -0.143. The van der Waals surface area contributed by atoms with Crippen molar-refractivity contribution in [1.29, 1.82) is 0 Å². The minimum absolute atomic E-state index is 0.0149. The molecule has 0 aliphatic heterocycles. The molecule has 0 bridgehead atoms. The van der Waals surface area contributed by atoms with Gasteiger partial charge in [-0.05, 0) is 64.2 Å². The molecule has 3 N–H and O–H groups in total. The van der Waals surface area contributed by atoms with Crippen molar-refractivity contribution in [1.82, 2.24) is 5.32 Å². The highest BCUT2D eigenvalue weighted by Crippen LogP contribution is 2.19. The third kappa shape index (κ3) is 67.1. The van der Waals surface area contributed by atoms with Crippen molar-refractivity contribution in [3.8, 4) is 0 Å². The maximum atomic E-state index is 12.5. The number of amides is 1. The van der Waals surface area contributed by atoms with Crippen LogP contribution in [0.5, 0.6) is 0 Å². The second-order valence-corrected chi connectivity index (χ2v) is 25.3. The van der Waals surface area contributed by atoms with Crippen molar-refractivity contribution >= 4 is 11.9 Å². The summed E-state index contributed by atoms with van der Waals surface area (Å²) in [5, 5.41) is 23.2. The third-order valence-corrected chi connectivity index (χ3v) is 17.2. The van der Waals surface area contributed by atoms with Gasteiger partial charge in [0.1, 0.15) is 0 Å². The molecule has 0 saturated heterocycles.